The summed E-state index contributed by atoms with van der Waals surface area (Å²) in [6.07, 6.45) is 0.915. The summed E-state index contributed by atoms with van der Waals surface area (Å²) in [6, 6.07) is 18.1. The van der Waals surface area contributed by atoms with E-state index in [1.165, 1.54) is 5.56 Å². The van der Waals surface area contributed by atoms with Gasteiger partial charge in [-0.25, -0.2) is 0 Å². The van der Waals surface area contributed by atoms with Crippen LogP contribution >= 0.6 is 11.6 Å². The molecule has 18 heavy (non-hydrogen) atoms. The molecule has 3 rings (SSSR count). The summed E-state index contributed by atoms with van der Waals surface area (Å²) in [5.74, 6) is 0. The SMILES string of the molecule is Clc1ccc(C2CC(c3ccccc3)[N]O2)cc1. The van der Waals surface area contributed by atoms with Crippen LogP contribution in [-0.4, -0.2) is 0 Å². The van der Waals surface area contributed by atoms with E-state index in [-0.39, 0.29) is 12.1 Å². The van der Waals surface area contributed by atoms with Crippen molar-refractivity contribution >= 4 is 11.6 Å². The van der Waals surface area contributed by atoms with Crippen molar-refractivity contribution in [1.82, 2.24) is 5.48 Å². The minimum atomic E-state index is 0.0347. The normalized spacial score (nSPS) is 23.2. The minimum Gasteiger partial charge on any atom is -0.273 e. The van der Waals surface area contributed by atoms with Gasteiger partial charge in [0.15, 0.2) is 0 Å². The molecule has 1 heterocycles. The van der Waals surface area contributed by atoms with Gasteiger partial charge in [0.25, 0.3) is 0 Å². The summed E-state index contributed by atoms with van der Waals surface area (Å²) in [5, 5.41) is 0.744. The van der Waals surface area contributed by atoms with Gasteiger partial charge in [0.2, 0.25) is 0 Å². The Morgan fingerprint density at radius 3 is 2.39 bits per heavy atom. The number of rotatable bonds is 2. The van der Waals surface area contributed by atoms with Crippen LogP contribution in [0.1, 0.15) is 29.7 Å². The zero-order valence-corrected chi connectivity index (χ0v) is 10.5. The molecule has 2 aromatic carbocycles. The van der Waals surface area contributed by atoms with E-state index in [0.29, 0.717) is 0 Å². The Balaban J connectivity index is 1.74. The fraction of sp³-hybridized carbons (Fsp3) is 0.200. The predicted octanol–water partition coefficient (Wildman–Crippen LogP) is 4.06. The zero-order chi connectivity index (χ0) is 12.4. The first-order chi connectivity index (χ1) is 8.83. The van der Waals surface area contributed by atoms with Gasteiger partial charge in [0.1, 0.15) is 6.10 Å². The molecule has 0 saturated carbocycles. The molecule has 0 aromatic heterocycles. The van der Waals surface area contributed by atoms with Gasteiger partial charge in [-0.1, -0.05) is 59.5 Å². The lowest BCUT2D eigenvalue weighted by Crippen LogP contribution is -2.02. The maximum Gasteiger partial charge on any atom is 0.108 e. The molecular formula is C15H13ClNO. The summed E-state index contributed by atoms with van der Waals surface area (Å²) in [5.41, 5.74) is 6.58. The number of hydrogen-bond donors (Lipinski definition) is 0. The minimum absolute atomic E-state index is 0.0347. The monoisotopic (exact) mass is 258 g/mol. The van der Waals surface area contributed by atoms with Crippen molar-refractivity contribution in [2.75, 3.05) is 0 Å². The van der Waals surface area contributed by atoms with E-state index in [0.717, 1.165) is 17.0 Å². The second kappa shape index (κ2) is 5.11. The van der Waals surface area contributed by atoms with Crippen molar-refractivity contribution in [3.8, 4) is 0 Å². The molecule has 1 radical (unpaired) electrons. The molecule has 91 valence electrons. The summed E-state index contributed by atoms with van der Waals surface area (Å²) in [7, 11) is 0. The Hall–Kier alpha value is -1.35. The van der Waals surface area contributed by atoms with Crippen molar-refractivity contribution in [3.63, 3.8) is 0 Å². The van der Waals surface area contributed by atoms with Crippen LogP contribution in [-0.2, 0) is 4.84 Å². The van der Waals surface area contributed by atoms with Crippen LogP contribution in [0.2, 0.25) is 5.02 Å². The van der Waals surface area contributed by atoms with E-state index in [1.54, 1.807) is 0 Å². The van der Waals surface area contributed by atoms with Crippen molar-refractivity contribution in [2.24, 2.45) is 0 Å². The molecule has 0 aliphatic carbocycles. The molecule has 2 unspecified atom stereocenters. The van der Waals surface area contributed by atoms with Crippen LogP contribution in [0.15, 0.2) is 54.6 Å². The number of hydrogen-bond acceptors (Lipinski definition) is 1. The highest BCUT2D eigenvalue weighted by atomic mass is 35.5. The van der Waals surface area contributed by atoms with Gasteiger partial charge in [-0.15, -0.1) is 0 Å². The second-order valence-corrected chi connectivity index (χ2v) is 4.85. The number of nitrogens with zero attached hydrogens (tertiary/aromatic N) is 1. The third kappa shape index (κ3) is 2.41. The average Bonchev–Trinajstić information content (AvgIpc) is 2.90. The standard InChI is InChI=1S/C15H13ClNO/c16-13-8-6-12(7-9-13)15-10-14(17-18-15)11-4-2-1-3-5-11/h1-9,14-15H,10H2. The molecule has 2 nitrogen and oxygen atoms in total. The first-order valence-corrected chi connectivity index (χ1v) is 6.37. The molecule has 1 aliphatic heterocycles. The Bertz CT molecular complexity index is 512. The van der Waals surface area contributed by atoms with Gasteiger partial charge in [-0.3, -0.25) is 4.84 Å². The summed E-state index contributed by atoms with van der Waals surface area (Å²) in [6.45, 7) is 0. The van der Waals surface area contributed by atoms with Gasteiger partial charge in [0, 0.05) is 11.4 Å². The van der Waals surface area contributed by atoms with Gasteiger partial charge < -0.3 is 0 Å². The van der Waals surface area contributed by atoms with Crippen molar-refractivity contribution < 1.29 is 4.84 Å². The van der Waals surface area contributed by atoms with Crippen LogP contribution in [0.4, 0.5) is 0 Å². The van der Waals surface area contributed by atoms with Crippen LogP contribution in [0.3, 0.4) is 0 Å². The maximum absolute atomic E-state index is 5.88. The highest BCUT2D eigenvalue weighted by molar-refractivity contribution is 6.30. The third-order valence-corrected chi connectivity index (χ3v) is 3.43. The lowest BCUT2D eigenvalue weighted by Gasteiger charge is -2.08. The molecule has 0 N–H and O–H groups in total. The van der Waals surface area contributed by atoms with Crippen molar-refractivity contribution in [2.45, 2.75) is 18.6 Å². The largest absolute Gasteiger partial charge is 0.273 e. The first-order valence-electron chi connectivity index (χ1n) is 5.99. The molecule has 2 atom stereocenters. The van der Waals surface area contributed by atoms with Crippen LogP contribution in [0.25, 0.3) is 0 Å². The first kappa shape index (κ1) is 11.7. The third-order valence-electron chi connectivity index (χ3n) is 3.18. The van der Waals surface area contributed by atoms with Crippen LogP contribution in [0.5, 0.6) is 0 Å². The van der Waals surface area contributed by atoms with Crippen LogP contribution in [0, 0.1) is 0 Å². The van der Waals surface area contributed by atoms with Gasteiger partial charge in [0.05, 0.1) is 6.04 Å². The molecule has 0 amide bonds. The van der Waals surface area contributed by atoms with E-state index in [2.05, 4.69) is 17.6 Å². The molecule has 1 aliphatic rings. The molecular weight excluding hydrogens is 246 g/mol. The second-order valence-electron chi connectivity index (χ2n) is 4.41. The van der Waals surface area contributed by atoms with E-state index in [9.17, 15) is 0 Å². The quantitative estimate of drug-likeness (QED) is 0.797. The highest BCUT2D eigenvalue weighted by Crippen LogP contribution is 2.36. The zero-order valence-electron chi connectivity index (χ0n) is 9.79. The summed E-state index contributed by atoms with van der Waals surface area (Å²) >= 11 is 5.88. The fourth-order valence-electron chi connectivity index (χ4n) is 2.18. The van der Waals surface area contributed by atoms with Gasteiger partial charge >= 0.3 is 0 Å². The topological polar surface area (TPSA) is 23.3 Å². The van der Waals surface area contributed by atoms with E-state index < -0.39 is 0 Å². The Morgan fingerprint density at radius 1 is 0.944 bits per heavy atom. The van der Waals surface area contributed by atoms with E-state index in [4.69, 9.17) is 16.4 Å². The fourth-order valence-corrected chi connectivity index (χ4v) is 2.31. The number of benzene rings is 2. The average molecular weight is 259 g/mol. The van der Waals surface area contributed by atoms with E-state index >= 15 is 0 Å². The van der Waals surface area contributed by atoms with Gasteiger partial charge in [-0.05, 0) is 23.3 Å². The summed E-state index contributed by atoms with van der Waals surface area (Å²) < 4.78 is 0. The Labute approximate surface area is 111 Å². The van der Waals surface area contributed by atoms with E-state index in [1.807, 2.05) is 42.5 Å². The number of hydroxylamine groups is 1. The molecule has 1 saturated heterocycles. The molecule has 0 spiro atoms. The molecule has 3 heteroatoms. The van der Waals surface area contributed by atoms with Crippen LogP contribution < -0.4 is 5.48 Å². The molecule has 0 bridgehead atoms. The molecule has 2 aromatic rings. The van der Waals surface area contributed by atoms with Crippen molar-refractivity contribution in [1.29, 1.82) is 0 Å². The lowest BCUT2D eigenvalue weighted by molar-refractivity contribution is 0.0181. The smallest absolute Gasteiger partial charge is 0.108 e. The number of halogens is 1. The lowest BCUT2D eigenvalue weighted by atomic mass is 9.99. The predicted molar refractivity (Wildman–Crippen MR) is 71.2 cm³/mol. The Morgan fingerprint density at radius 2 is 1.67 bits per heavy atom. The summed E-state index contributed by atoms with van der Waals surface area (Å²) in [4.78, 5) is 5.53. The molecule has 1 fully saturated rings. The maximum atomic E-state index is 5.88. The highest BCUT2D eigenvalue weighted by Gasteiger charge is 2.29. The Kier molecular flexibility index (Phi) is 3.33. The van der Waals surface area contributed by atoms with Gasteiger partial charge in [-0.2, -0.15) is 0 Å². The van der Waals surface area contributed by atoms with Crippen molar-refractivity contribution in [3.05, 3.63) is 70.7 Å².